The Kier molecular flexibility index (Phi) is 5.60. The summed E-state index contributed by atoms with van der Waals surface area (Å²) in [4.78, 5) is 10.0. The summed E-state index contributed by atoms with van der Waals surface area (Å²) < 4.78 is 37.8. The van der Waals surface area contributed by atoms with E-state index in [1.54, 1.807) is 25.1 Å². The fraction of sp³-hybridized carbons (Fsp3) is 0.250. The number of nitrogens with one attached hydrogen (secondary N) is 1. The first-order valence-corrected chi connectivity index (χ1v) is 8.75. The predicted octanol–water partition coefficient (Wildman–Crippen LogP) is 2.65. The molecular formula is C16H18N2O6S. The van der Waals surface area contributed by atoms with Gasteiger partial charge < -0.3 is 9.47 Å². The van der Waals surface area contributed by atoms with Crippen LogP contribution in [0, 0.1) is 10.1 Å². The van der Waals surface area contributed by atoms with Crippen LogP contribution in [0.4, 0.5) is 5.69 Å². The first-order chi connectivity index (χ1) is 11.8. The van der Waals surface area contributed by atoms with Crippen LogP contribution in [0.3, 0.4) is 0 Å². The Hall–Kier alpha value is -2.65. The molecule has 0 aliphatic heterocycles. The molecule has 8 nitrogen and oxygen atoms in total. The van der Waals surface area contributed by atoms with Crippen LogP contribution in [0.25, 0.3) is 0 Å². The molecule has 1 N–H and O–H groups in total. The second-order valence-corrected chi connectivity index (χ2v) is 6.93. The molecule has 0 aliphatic carbocycles. The van der Waals surface area contributed by atoms with Gasteiger partial charge in [0.1, 0.15) is 0 Å². The number of hydrogen-bond acceptors (Lipinski definition) is 6. The Labute approximate surface area is 145 Å². The number of ether oxygens (including phenoxy) is 2. The van der Waals surface area contributed by atoms with Crippen LogP contribution in [-0.2, 0) is 10.0 Å². The maximum absolute atomic E-state index is 12.5. The van der Waals surface area contributed by atoms with Gasteiger partial charge in [-0.1, -0.05) is 12.1 Å². The summed E-state index contributed by atoms with van der Waals surface area (Å²) >= 11 is 0. The molecule has 2 aromatic carbocycles. The van der Waals surface area contributed by atoms with Crippen LogP contribution in [0.1, 0.15) is 18.5 Å². The van der Waals surface area contributed by atoms with Gasteiger partial charge in [0, 0.05) is 18.2 Å². The van der Waals surface area contributed by atoms with Crippen LogP contribution in [0.5, 0.6) is 11.5 Å². The summed E-state index contributed by atoms with van der Waals surface area (Å²) in [6.45, 7) is 1.66. The first-order valence-electron chi connectivity index (χ1n) is 7.27. The third kappa shape index (κ3) is 4.25. The van der Waals surface area contributed by atoms with Gasteiger partial charge in [-0.05, 0) is 30.7 Å². The van der Waals surface area contributed by atoms with E-state index in [1.807, 2.05) is 0 Å². The Balaban J connectivity index is 2.28. The monoisotopic (exact) mass is 366 g/mol. The van der Waals surface area contributed by atoms with Crippen molar-refractivity contribution in [2.24, 2.45) is 0 Å². The van der Waals surface area contributed by atoms with Gasteiger partial charge in [-0.25, -0.2) is 13.1 Å². The van der Waals surface area contributed by atoms with Crippen molar-refractivity contribution in [3.8, 4) is 11.5 Å². The summed E-state index contributed by atoms with van der Waals surface area (Å²) in [6, 6.07) is 9.35. The second-order valence-electron chi connectivity index (χ2n) is 5.21. The molecule has 0 heterocycles. The van der Waals surface area contributed by atoms with Crippen LogP contribution in [-0.4, -0.2) is 27.6 Å². The lowest BCUT2D eigenvalue weighted by molar-refractivity contribution is -0.385. The summed E-state index contributed by atoms with van der Waals surface area (Å²) in [6.07, 6.45) is 0. The van der Waals surface area contributed by atoms with Gasteiger partial charge in [0.2, 0.25) is 10.0 Å². The van der Waals surface area contributed by atoms with Crippen molar-refractivity contribution in [1.82, 2.24) is 4.72 Å². The van der Waals surface area contributed by atoms with E-state index in [4.69, 9.17) is 9.47 Å². The van der Waals surface area contributed by atoms with Gasteiger partial charge in [-0.15, -0.1) is 0 Å². The van der Waals surface area contributed by atoms with Crippen molar-refractivity contribution in [2.45, 2.75) is 17.9 Å². The molecule has 0 spiro atoms. The van der Waals surface area contributed by atoms with Crippen LogP contribution >= 0.6 is 0 Å². The second kappa shape index (κ2) is 7.49. The smallest absolute Gasteiger partial charge is 0.270 e. The molecular weight excluding hydrogens is 348 g/mol. The van der Waals surface area contributed by atoms with E-state index < -0.39 is 21.0 Å². The van der Waals surface area contributed by atoms with E-state index in [0.717, 1.165) is 6.07 Å². The van der Waals surface area contributed by atoms with Gasteiger partial charge in [0.25, 0.3) is 5.69 Å². The molecule has 0 radical (unpaired) electrons. The summed E-state index contributed by atoms with van der Waals surface area (Å²) in [5, 5.41) is 10.8. The molecule has 0 aromatic heterocycles. The summed E-state index contributed by atoms with van der Waals surface area (Å²) in [5.74, 6) is 1.00. The van der Waals surface area contributed by atoms with Crippen LogP contribution in [0.15, 0.2) is 47.4 Å². The molecule has 0 bridgehead atoms. The molecule has 0 fully saturated rings. The number of benzene rings is 2. The Morgan fingerprint density at radius 2 is 1.76 bits per heavy atom. The predicted molar refractivity (Wildman–Crippen MR) is 91.4 cm³/mol. The van der Waals surface area contributed by atoms with E-state index in [-0.39, 0.29) is 10.6 Å². The Morgan fingerprint density at radius 1 is 1.08 bits per heavy atom. The van der Waals surface area contributed by atoms with E-state index in [9.17, 15) is 18.5 Å². The zero-order valence-corrected chi connectivity index (χ0v) is 14.7. The Morgan fingerprint density at radius 3 is 2.36 bits per heavy atom. The lowest BCUT2D eigenvalue weighted by Crippen LogP contribution is -2.27. The molecule has 0 amide bonds. The highest BCUT2D eigenvalue weighted by atomic mass is 32.2. The molecule has 1 atom stereocenters. The number of sulfonamides is 1. The minimum atomic E-state index is -3.93. The number of nitro groups is 1. The van der Waals surface area contributed by atoms with Crippen molar-refractivity contribution < 1.29 is 22.8 Å². The lowest BCUT2D eigenvalue weighted by Gasteiger charge is -2.16. The summed E-state index contributed by atoms with van der Waals surface area (Å²) in [5.41, 5.74) is 0.369. The third-order valence-electron chi connectivity index (χ3n) is 3.58. The standard InChI is InChI=1S/C16H18N2O6S/c1-11(12-7-8-15(23-2)16(9-12)24-3)17-25(21,22)14-6-4-5-13(10-14)18(19)20/h4-11,17H,1-3H3/t11-/m0/s1. The largest absolute Gasteiger partial charge is 0.493 e. The number of rotatable bonds is 7. The topological polar surface area (TPSA) is 108 Å². The SMILES string of the molecule is COc1ccc([C@H](C)NS(=O)(=O)c2cccc([N+](=O)[O-])c2)cc1OC. The van der Waals surface area contributed by atoms with Crippen molar-refractivity contribution in [3.05, 3.63) is 58.1 Å². The quantitative estimate of drug-likeness (QED) is 0.596. The number of hydrogen-bond donors (Lipinski definition) is 1. The molecule has 134 valence electrons. The molecule has 0 saturated heterocycles. The van der Waals surface area contributed by atoms with Gasteiger partial charge in [0.15, 0.2) is 11.5 Å². The van der Waals surface area contributed by atoms with Crippen LogP contribution in [0.2, 0.25) is 0 Å². The minimum absolute atomic E-state index is 0.172. The van der Waals surface area contributed by atoms with Crippen LogP contribution < -0.4 is 14.2 Å². The highest BCUT2D eigenvalue weighted by molar-refractivity contribution is 7.89. The Bertz CT molecular complexity index is 882. The van der Waals surface area contributed by atoms with E-state index >= 15 is 0 Å². The van der Waals surface area contributed by atoms with Crippen molar-refractivity contribution in [2.75, 3.05) is 14.2 Å². The molecule has 2 rings (SSSR count). The average Bonchev–Trinajstić information content (AvgIpc) is 2.60. The number of methoxy groups -OCH3 is 2. The normalized spacial score (nSPS) is 12.4. The van der Waals surface area contributed by atoms with E-state index in [2.05, 4.69) is 4.72 Å². The van der Waals surface area contributed by atoms with Gasteiger partial charge in [-0.3, -0.25) is 10.1 Å². The van der Waals surface area contributed by atoms with E-state index in [1.165, 1.54) is 32.4 Å². The highest BCUT2D eigenvalue weighted by Gasteiger charge is 2.21. The average molecular weight is 366 g/mol. The third-order valence-corrected chi connectivity index (χ3v) is 5.12. The van der Waals surface area contributed by atoms with Crippen molar-refractivity contribution in [3.63, 3.8) is 0 Å². The van der Waals surface area contributed by atoms with Gasteiger partial charge in [0.05, 0.1) is 24.0 Å². The zero-order valence-electron chi connectivity index (χ0n) is 13.9. The zero-order chi connectivity index (χ0) is 18.6. The molecule has 0 unspecified atom stereocenters. The summed E-state index contributed by atoms with van der Waals surface area (Å²) in [7, 11) is -0.934. The molecule has 9 heteroatoms. The highest BCUT2D eigenvalue weighted by Crippen LogP contribution is 2.30. The molecule has 2 aromatic rings. The maximum atomic E-state index is 12.5. The number of nitro benzene ring substituents is 1. The maximum Gasteiger partial charge on any atom is 0.270 e. The molecule has 0 aliphatic rings. The number of nitrogens with zero attached hydrogens (tertiary/aromatic N) is 1. The lowest BCUT2D eigenvalue weighted by atomic mass is 10.1. The fourth-order valence-electron chi connectivity index (χ4n) is 2.26. The molecule has 0 saturated carbocycles. The molecule has 25 heavy (non-hydrogen) atoms. The van der Waals surface area contributed by atoms with Gasteiger partial charge >= 0.3 is 0 Å². The van der Waals surface area contributed by atoms with E-state index in [0.29, 0.717) is 17.1 Å². The number of non-ortho nitro benzene ring substituents is 1. The fourth-order valence-corrected chi connectivity index (χ4v) is 3.53. The van der Waals surface area contributed by atoms with Crippen molar-refractivity contribution in [1.29, 1.82) is 0 Å². The minimum Gasteiger partial charge on any atom is -0.493 e. The van der Waals surface area contributed by atoms with Gasteiger partial charge in [-0.2, -0.15) is 0 Å². The van der Waals surface area contributed by atoms with Crippen molar-refractivity contribution >= 4 is 15.7 Å². The first kappa shape index (κ1) is 18.7.